The number of carbonyl (C=O) groups is 1. The Morgan fingerprint density at radius 1 is 1.05 bits per heavy atom. The molecule has 0 aliphatic heterocycles. The van der Waals surface area contributed by atoms with Gasteiger partial charge in [-0.05, 0) is 44.0 Å². The first-order chi connectivity index (χ1) is 10.1. The van der Waals surface area contributed by atoms with E-state index in [0.29, 0.717) is 13.2 Å². The molecule has 0 heterocycles. The van der Waals surface area contributed by atoms with Crippen LogP contribution >= 0.6 is 0 Å². The van der Waals surface area contributed by atoms with Crippen molar-refractivity contribution in [3.8, 4) is 5.75 Å². The fourth-order valence-corrected chi connectivity index (χ4v) is 2.21. The Kier molecular flexibility index (Phi) is 4.99. The van der Waals surface area contributed by atoms with E-state index >= 15 is 0 Å². The van der Waals surface area contributed by atoms with Gasteiger partial charge in [-0.3, -0.25) is 4.79 Å². The van der Waals surface area contributed by atoms with Gasteiger partial charge in [0, 0.05) is 5.56 Å². The molecular weight excluding hydrogens is 262 g/mol. The topological polar surface area (TPSA) is 38.3 Å². The minimum atomic E-state index is -0.0547. The molecule has 0 spiro atoms. The highest BCUT2D eigenvalue weighted by Crippen LogP contribution is 2.15. The van der Waals surface area contributed by atoms with Gasteiger partial charge in [0.15, 0.2) is 0 Å². The largest absolute Gasteiger partial charge is 0.491 e. The lowest BCUT2D eigenvalue weighted by Gasteiger charge is -2.11. The zero-order valence-electron chi connectivity index (χ0n) is 12.8. The molecular formula is C18H21NO2. The van der Waals surface area contributed by atoms with Gasteiger partial charge in [-0.1, -0.05) is 35.9 Å². The van der Waals surface area contributed by atoms with Crippen molar-refractivity contribution in [3.63, 3.8) is 0 Å². The summed E-state index contributed by atoms with van der Waals surface area (Å²) in [6.07, 6.45) is 0. The first-order valence-electron chi connectivity index (χ1n) is 7.12. The number of hydrogen-bond donors (Lipinski definition) is 1. The molecule has 3 heteroatoms. The molecule has 0 aliphatic rings. The summed E-state index contributed by atoms with van der Waals surface area (Å²) in [6, 6.07) is 13.7. The third-order valence-electron chi connectivity index (χ3n) is 3.37. The van der Waals surface area contributed by atoms with Crippen molar-refractivity contribution in [1.29, 1.82) is 0 Å². The van der Waals surface area contributed by atoms with Crippen LogP contribution < -0.4 is 10.1 Å². The lowest BCUT2D eigenvalue weighted by molar-refractivity contribution is 0.0946. The second kappa shape index (κ2) is 6.93. The zero-order valence-corrected chi connectivity index (χ0v) is 12.8. The molecule has 21 heavy (non-hydrogen) atoms. The molecule has 2 rings (SSSR count). The Labute approximate surface area is 126 Å². The van der Waals surface area contributed by atoms with Crippen molar-refractivity contribution < 1.29 is 9.53 Å². The number of rotatable bonds is 5. The predicted molar refractivity (Wildman–Crippen MR) is 84.9 cm³/mol. The predicted octanol–water partition coefficient (Wildman–Crippen LogP) is 3.42. The van der Waals surface area contributed by atoms with Crippen molar-refractivity contribution >= 4 is 5.91 Å². The van der Waals surface area contributed by atoms with Gasteiger partial charge in [-0.2, -0.15) is 0 Å². The number of carbonyl (C=O) groups excluding carboxylic acids is 1. The molecule has 0 radical (unpaired) electrons. The molecule has 0 saturated heterocycles. The van der Waals surface area contributed by atoms with E-state index in [9.17, 15) is 4.79 Å². The number of ether oxygens (including phenoxy) is 1. The molecule has 3 nitrogen and oxygen atoms in total. The van der Waals surface area contributed by atoms with Crippen LogP contribution in [0.2, 0.25) is 0 Å². The maximum atomic E-state index is 12.1. The van der Waals surface area contributed by atoms with E-state index in [1.165, 1.54) is 0 Å². The van der Waals surface area contributed by atoms with Crippen LogP contribution in [0.25, 0.3) is 0 Å². The van der Waals surface area contributed by atoms with Crippen molar-refractivity contribution in [3.05, 3.63) is 64.7 Å². The number of amides is 1. The van der Waals surface area contributed by atoms with Crippen LogP contribution in [0.5, 0.6) is 5.75 Å². The molecule has 0 fully saturated rings. The number of nitrogens with one attached hydrogen (secondary N) is 1. The molecule has 0 aliphatic carbocycles. The average Bonchev–Trinajstić information content (AvgIpc) is 2.45. The molecule has 0 unspecified atom stereocenters. The summed E-state index contributed by atoms with van der Waals surface area (Å²) in [7, 11) is 0. The summed E-state index contributed by atoms with van der Waals surface area (Å²) < 4.78 is 5.66. The van der Waals surface area contributed by atoms with E-state index in [1.807, 2.05) is 63.2 Å². The maximum absolute atomic E-state index is 12.1. The van der Waals surface area contributed by atoms with Gasteiger partial charge < -0.3 is 10.1 Å². The van der Waals surface area contributed by atoms with Crippen LogP contribution in [0.4, 0.5) is 0 Å². The number of aryl methyl sites for hydroxylation is 3. The van der Waals surface area contributed by atoms with E-state index in [2.05, 4.69) is 5.32 Å². The fourth-order valence-electron chi connectivity index (χ4n) is 2.21. The van der Waals surface area contributed by atoms with Crippen LogP contribution in [0.1, 0.15) is 27.0 Å². The van der Waals surface area contributed by atoms with Crippen LogP contribution in [0.3, 0.4) is 0 Å². The van der Waals surface area contributed by atoms with Gasteiger partial charge in [-0.15, -0.1) is 0 Å². The minimum Gasteiger partial charge on any atom is -0.491 e. The summed E-state index contributed by atoms with van der Waals surface area (Å²) in [6.45, 7) is 6.92. The number of para-hydroxylation sites is 1. The van der Waals surface area contributed by atoms with Crippen LogP contribution in [0, 0.1) is 20.8 Å². The first kappa shape index (κ1) is 15.1. The highest BCUT2D eigenvalue weighted by molar-refractivity contribution is 5.95. The minimum absolute atomic E-state index is 0.0547. The summed E-state index contributed by atoms with van der Waals surface area (Å²) in [5.74, 6) is 0.805. The molecule has 1 amide bonds. The second-order valence-corrected chi connectivity index (χ2v) is 5.19. The number of benzene rings is 2. The normalized spacial score (nSPS) is 10.2. The molecule has 2 aromatic rings. The summed E-state index contributed by atoms with van der Waals surface area (Å²) in [4.78, 5) is 12.1. The zero-order chi connectivity index (χ0) is 15.2. The Morgan fingerprint density at radius 2 is 1.81 bits per heavy atom. The third-order valence-corrected chi connectivity index (χ3v) is 3.37. The summed E-state index contributed by atoms with van der Waals surface area (Å²) in [5, 5.41) is 2.89. The Bertz CT molecular complexity index is 635. The Balaban J connectivity index is 1.83. The molecule has 0 atom stereocenters. The molecule has 0 saturated carbocycles. The van der Waals surface area contributed by atoms with Crippen molar-refractivity contribution in [2.45, 2.75) is 20.8 Å². The van der Waals surface area contributed by atoms with Crippen molar-refractivity contribution in [2.24, 2.45) is 0 Å². The van der Waals surface area contributed by atoms with E-state index < -0.39 is 0 Å². The molecule has 0 aromatic heterocycles. The standard InChI is InChI=1S/C18H21NO2/c1-13-8-9-16(15(3)12-13)18(20)19-10-11-21-17-7-5-4-6-14(17)2/h4-9,12H,10-11H2,1-3H3,(H,19,20). The van der Waals surface area contributed by atoms with Gasteiger partial charge in [0.25, 0.3) is 5.91 Å². The SMILES string of the molecule is Cc1ccc(C(=O)NCCOc2ccccc2C)c(C)c1. The molecule has 110 valence electrons. The monoisotopic (exact) mass is 283 g/mol. The smallest absolute Gasteiger partial charge is 0.251 e. The van der Waals surface area contributed by atoms with Crippen LogP contribution in [-0.2, 0) is 0 Å². The van der Waals surface area contributed by atoms with Crippen molar-refractivity contribution in [2.75, 3.05) is 13.2 Å². The lowest BCUT2D eigenvalue weighted by atomic mass is 10.1. The maximum Gasteiger partial charge on any atom is 0.251 e. The quantitative estimate of drug-likeness (QED) is 0.854. The lowest BCUT2D eigenvalue weighted by Crippen LogP contribution is -2.28. The van der Waals surface area contributed by atoms with Crippen LogP contribution in [-0.4, -0.2) is 19.1 Å². The Morgan fingerprint density at radius 3 is 2.52 bits per heavy atom. The highest BCUT2D eigenvalue weighted by Gasteiger charge is 2.08. The molecule has 1 N–H and O–H groups in total. The van der Waals surface area contributed by atoms with Gasteiger partial charge >= 0.3 is 0 Å². The first-order valence-corrected chi connectivity index (χ1v) is 7.12. The van der Waals surface area contributed by atoms with E-state index in [0.717, 1.165) is 28.0 Å². The van der Waals surface area contributed by atoms with Gasteiger partial charge in [-0.25, -0.2) is 0 Å². The Hall–Kier alpha value is -2.29. The highest BCUT2D eigenvalue weighted by atomic mass is 16.5. The van der Waals surface area contributed by atoms with E-state index in [4.69, 9.17) is 4.74 Å². The summed E-state index contributed by atoms with van der Waals surface area (Å²) >= 11 is 0. The molecule has 0 bridgehead atoms. The third kappa shape index (κ3) is 4.09. The average molecular weight is 283 g/mol. The van der Waals surface area contributed by atoms with Gasteiger partial charge in [0.1, 0.15) is 12.4 Å². The van der Waals surface area contributed by atoms with Gasteiger partial charge in [0.2, 0.25) is 0 Å². The second-order valence-electron chi connectivity index (χ2n) is 5.19. The number of hydrogen-bond acceptors (Lipinski definition) is 2. The van der Waals surface area contributed by atoms with E-state index in [1.54, 1.807) is 0 Å². The van der Waals surface area contributed by atoms with Gasteiger partial charge in [0.05, 0.1) is 6.54 Å². The molecule has 2 aromatic carbocycles. The van der Waals surface area contributed by atoms with Crippen LogP contribution in [0.15, 0.2) is 42.5 Å². The van der Waals surface area contributed by atoms with E-state index in [-0.39, 0.29) is 5.91 Å². The van der Waals surface area contributed by atoms with Crippen molar-refractivity contribution in [1.82, 2.24) is 5.32 Å². The summed E-state index contributed by atoms with van der Waals surface area (Å²) in [5.41, 5.74) is 3.97. The fraction of sp³-hybridized carbons (Fsp3) is 0.278.